The minimum atomic E-state index is -0.241. The molecule has 0 spiro atoms. The lowest BCUT2D eigenvalue weighted by Gasteiger charge is -2.47. The Morgan fingerprint density at radius 2 is 1.88 bits per heavy atom. The molecule has 3 unspecified atom stereocenters. The average Bonchev–Trinajstić information content (AvgIpc) is 2.69. The topological polar surface area (TPSA) is 38.8 Å². The van der Waals surface area contributed by atoms with Crippen LogP contribution in [0.1, 0.15) is 23.2 Å². The van der Waals surface area contributed by atoms with E-state index in [0.29, 0.717) is 11.3 Å². The van der Waals surface area contributed by atoms with Gasteiger partial charge in [-0.25, -0.2) is 0 Å². The standard InChI is InChI=1S/C21H18BrNO3/c22-13-7-9-14(10-8-13)23-12-17-19(24)15-4-1-2-6-18(15)26-20(17)16-5-3-11-25-21(16)23/h1-2,4,6-10,12,16,20-21H,3,5,11H2. The minimum absolute atomic E-state index is 0.0583. The van der Waals surface area contributed by atoms with E-state index in [-0.39, 0.29) is 24.0 Å². The number of carbonyl (C=O) groups excluding carboxylic acids is 1. The van der Waals surface area contributed by atoms with E-state index in [1.165, 1.54) is 0 Å². The van der Waals surface area contributed by atoms with Crippen LogP contribution in [0.15, 0.2) is 64.8 Å². The van der Waals surface area contributed by atoms with Crippen LogP contribution in [0.3, 0.4) is 0 Å². The normalized spacial score (nSPS) is 27.0. The van der Waals surface area contributed by atoms with Gasteiger partial charge in [-0.15, -0.1) is 0 Å². The van der Waals surface area contributed by atoms with E-state index >= 15 is 0 Å². The van der Waals surface area contributed by atoms with Crippen LogP contribution < -0.4 is 9.64 Å². The van der Waals surface area contributed by atoms with Crippen LogP contribution in [0.5, 0.6) is 5.75 Å². The number of Topliss-reactive ketones (excluding diaryl/α,β-unsaturated/α-hetero) is 1. The second-order valence-electron chi connectivity index (χ2n) is 6.90. The molecule has 0 N–H and O–H groups in total. The highest BCUT2D eigenvalue weighted by molar-refractivity contribution is 9.10. The van der Waals surface area contributed by atoms with E-state index in [4.69, 9.17) is 9.47 Å². The van der Waals surface area contributed by atoms with Crippen molar-refractivity contribution in [2.45, 2.75) is 25.2 Å². The molecule has 26 heavy (non-hydrogen) atoms. The van der Waals surface area contributed by atoms with Gasteiger partial charge in [-0.3, -0.25) is 4.79 Å². The number of anilines is 1. The molecule has 3 aliphatic heterocycles. The second-order valence-corrected chi connectivity index (χ2v) is 7.81. The van der Waals surface area contributed by atoms with Crippen molar-refractivity contribution in [2.24, 2.45) is 5.92 Å². The van der Waals surface area contributed by atoms with Gasteiger partial charge in [-0.1, -0.05) is 28.1 Å². The summed E-state index contributed by atoms with van der Waals surface area (Å²) in [6, 6.07) is 15.6. The summed E-state index contributed by atoms with van der Waals surface area (Å²) in [5.41, 5.74) is 2.38. The number of nitrogens with zero attached hydrogens (tertiary/aromatic N) is 1. The molecule has 0 radical (unpaired) electrons. The Hall–Kier alpha value is -2.11. The fourth-order valence-corrected chi connectivity index (χ4v) is 4.39. The Morgan fingerprint density at radius 1 is 1.08 bits per heavy atom. The largest absolute Gasteiger partial charge is 0.484 e. The first kappa shape index (κ1) is 16.1. The SMILES string of the molecule is O=C1C2=CN(c3ccc(Br)cc3)C3OCCCC3C2Oc2ccccc21. The third-order valence-corrected chi connectivity index (χ3v) is 5.89. The number of halogens is 1. The molecule has 0 saturated carbocycles. The van der Waals surface area contributed by atoms with E-state index in [1.807, 2.05) is 54.7 Å². The van der Waals surface area contributed by atoms with Crippen LogP contribution >= 0.6 is 15.9 Å². The van der Waals surface area contributed by atoms with Gasteiger partial charge in [-0.05, 0) is 49.2 Å². The van der Waals surface area contributed by atoms with Crippen molar-refractivity contribution in [2.75, 3.05) is 11.5 Å². The summed E-state index contributed by atoms with van der Waals surface area (Å²) in [6.07, 6.45) is 3.54. The number of carbonyl (C=O) groups is 1. The fraction of sp³-hybridized carbons (Fsp3) is 0.286. The van der Waals surface area contributed by atoms with Gasteiger partial charge < -0.3 is 14.4 Å². The number of ether oxygens (including phenoxy) is 2. The molecule has 0 aromatic heterocycles. The summed E-state index contributed by atoms with van der Waals surface area (Å²) in [5.74, 6) is 0.869. The van der Waals surface area contributed by atoms with Crippen LogP contribution in [0.4, 0.5) is 5.69 Å². The molecule has 3 heterocycles. The third-order valence-electron chi connectivity index (χ3n) is 5.36. The molecule has 0 bridgehead atoms. The highest BCUT2D eigenvalue weighted by Crippen LogP contribution is 2.43. The maximum absolute atomic E-state index is 13.1. The number of benzene rings is 2. The second kappa shape index (κ2) is 6.25. The highest BCUT2D eigenvalue weighted by Gasteiger charge is 2.47. The molecule has 5 heteroatoms. The number of hydrogen-bond donors (Lipinski definition) is 0. The lowest BCUT2D eigenvalue weighted by Crippen LogP contribution is -2.55. The summed E-state index contributed by atoms with van der Waals surface area (Å²) < 4.78 is 13.4. The monoisotopic (exact) mass is 411 g/mol. The first-order valence-corrected chi connectivity index (χ1v) is 9.69. The molecule has 1 fully saturated rings. The maximum Gasteiger partial charge on any atom is 0.197 e. The quantitative estimate of drug-likeness (QED) is 0.689. The Labute approximate surface area is 160 Å². The Kier molecular flexibility index (Phi) is 3.87. The molecular formula is C21H18BrNO3. The molecule has 2 aromatic carbocycles. The fourth-order valence-electron chi connectivity index (χ4n) is 4.13. The predicted molar refractivity (Wildman–Crippen MR) is 102 cm³/mol. The van der Waals surface area contributed by atoms with Gasteiger partial charge in [0, 0.05) is 28.9 Å². The van der Waals surface area contributed by atoms with Crippen molar-refractivity contribution in [1.82, 2.24) is 0 Å². The summed E-state index contributed by atoms with van der Waals surface area (Å²) in [6.45, 7) is 0.731. The highest BCUT2D eigenvalue weighted by atomic mass is 79.9. The zero-order valence-electron chi connectivity index (χ0n) is 14.1. The Morgan fingerprint density at radius 3 is 2.73 bits per heavy atom. The molecule has 4 nitrogen and oxygen atoms in total. The predicted octanol–water partition coefficient (Wildman–Crippen LogP) is 4.55. The van der Waals surface area contributed by atoms with Crippen molar-refractivity contribution < 1.29 is 14.3 Å². The molecule has 0 aliphatic carbocycles. The molecule has 2 aromatic rings. The van der Waals surface area contributed by atoms with Crippen LogP contribution in [-0.4, -0.2) is 24.7 Å². The molecule has 3 aliphatic rings. The summed E-state index contributed by atoms with van der Waals surface area (Å²) in [5, 5.41) is 0. The van der Waals surface area contributed by atoms with E-state index in [2.05, 4.69) is 20.8 Å². The average molecular weight is 412 g/mol. The molecule has 3 atom stereocenters. The molecule has 0 amide bonds. The smallest absolute Gasteiger partial charge is 0.197 e. The van der Waals surface area contributed by atoms with Crippen LogP contribution in [-0.2, 0) is 4.74 Å². The van der Waals surface area contributed by atoms with Gasteiger partial charge in [0.25, 0.3) is 0 Å². The number of hydrogen-bond acceptors (Lipinski definition) is 4. The Balaban J connectivity index is 1.63. The number of fused-ring (bicyclic) bond motifs is 4. The molecular weight excluding hydrogens is 394 g/mol. The van der Waals surface area contributed by atoms with Gasteiger partial charge >= 0.3 is 0 Å². The van der Waals surface area contributed by atoms with Gasteiger partial charge in [0.1, 0.15) is 18.1 Å². The molecule has 132 valence electrons. The first-order valence-electron chi connectivity index (χ1n) is 8.90. The third kappa shape index (κ3) is 2.49. The van der Waals surface area contributed by atoms with Crippen molar-refractivity contribution in [1.29, 1.82) is 0 Å². The van der Waals surface area contributed by atoms with E-state index in [9.17, 15) is 4.79 Å². The number of ketones is 1. The van der Waals surface area contributed by atoms with E-state index in [0.717, 1.165) is 35.2 Å². The van der Waals surface area contributed by atoms with Gasteiger partial charge in [-0.2, -0.15) is 0 Å². The molecule has 1 saturated heterocycles. The number of rotatable bonds is 1. The first-order chi connectivity index (χ1) is 12.7. The summed E-state index contributed by atoms with van der Waals surface area (Å²) in [4.78, 5) is 15.2. The molecule has 5 rings (SSSR count). The van der Waals surface area contributed by atoms with Crippen molar-refractivity contribution in [3.05, 3.63) is 70.3 Å². The lowest BCUT2D eigenvalue weighted by atomic mass is 9.81. The zero-order chi connectivity index (χ0) is 17.7. The summed E-state index contributed by atoms with van der Waals surface area (Å²) in [7, 11) is 0. The minimum Gasteiger partial charge on any atom is -0.484 e. The van der Waals surface area contributed by atoms with Crippen LogP contribution in [0, 0.1) is 5.92 Å². The van der Waals surface area contributed by atoms with Gasteiger partial charge in [0.15, 0.2) is 5.78 Å². The van der Waals surface area contributed by atoms with E-state index < -0.39 is 0 Å². The van der Waals surface area contributed by atoms with Crippen molar-refractivity contribution >= 4 is 27.4 Å². The maximum atomic E-state index is 13.1. The van der Waals surface area contributed by atoms with Crippen molar-refractivity contribution in [3.8, 4) is 5.75 Å². The van der Waals surface area contributed by atoms with Crippen LogP contribution in [0.25, 0.3) is 0 Å². The number of para-hydroxylation sites is 1. The zero-order valence-corrected chi connectivity index (χ0v) is 15.7. The summed E-state index contributed by atoms with van der Waals surface area (Å²) >= 11 is 3.48. The van der Waals surface area contributed by atoms with Crippen molar-refractivity contribution in [3.63, 3.8) is 0 Å². The van der Waals surface area contributed by atoms with E-state index in [1.54, 1.807) is 0 Å². The Bertz CT molecular complexity index is 892. The van der Waals surface area contributed by atoms with Gasteiger partial charge in [0.2, 0.25) is 0 Å². The lowest BCUT2D eigenvalue weighted by molar-refractivity contribution is -0.0599. The van der Waals surface area contributed by atoms with Gasteiger partial charge in [0.05, 0.1) is 11.1 Å². The van der Waals surface area contributed by atoms with Crippen LogP contribution in [0.2, 0.25) is 0 Å².